The molecule has 0 atom stereocenters. The molecule has 0 radical (unpaired) electrons. The molecule has 1 aliphatic rings. The van der Waals surface area contributed by atoms with E-state index in [4.69, 9.17) is 23.2 Å². The molecular formula is C16H14Cl2N4O. The molecule has 1 N–H and O–H groups in total. The van der Waals surface area contributed by atoms with Gasteiger partial charge in [-0.15, -0.1) is 0 Å². The molecule has 1 amide bonds. The Morgan fingerprint density at radius 1 is 1.26 bits per heavy atom. The van der Waals surface area contributed by atoms with Gasteiger partial charge in [0.25, 0.3) is 5.91 Å². The third kappa shape index (κ3) is 3.16. The Bertz CT molecular complexity index is 771. The minimum atomic E-state index is -0.150. The van der Waals surface area contributed by atoms with Crippen LogP contribution in [0.5, 0.6) is 0 Å². The van der Waals surface area contributed by atoms with Crippen molar-refractivity contribution in [2.24, 2.45) is 4.99 Å². The minimum absolute atomic E-state index is 0.150. The number of guanidine groups is 1. The van der Waals surface area contributed by atoms with Crippen molar-refractivity contribution in [2.75, 3.05) is 18.4 Å². The molecule has 1 aromatic carbocycles. The zero-order chi connectivity index (χ0) is 16.4. The second-order valence-electron chi connectivity index (χ2n) is 5.07. The zero-order valence-corrected chi connectivity index (χ0v) is 13.9. The fourth-order valence-corrected chi connectivity index (χ4v) is 2.81. The Morgan fingerprint density at radius 3 is 2.70 bits per heavy atom. The number of hydrogen-bond donors (Lipinski definition) is 1. The average molecular weight is 349 g/mol. The van der Waals surface area contributed by atoms with Crippen LogP contribution >= 0.6 is 23.2 Å². The number of carbonyl (C=O) groups excluding carboxylic acids is 1. The number of anilines is 1. The first-order chi connectivity index (χ1) is 11.1. The maximum atomic E-state index is 12.7. The van der Waals surface area contributed by atoms with E-state index < -0.39 is 0 Å². The molecule has 23 heavy (non-hydrogen) atoms. The van der Waals surface area contributed by atoms with Crippen LogP contribution in [0.25, 0.3) is 0 Å². The van der Waals surface area contributed by atoms with E-state index in [2.05, 4.69) is 15.3 Å². The zero-order valence-electron chi connectivity index (χ0n) is 12.4. The topological polar surface area (TPSA) is 57.6 Å². The monoisotopic (exact) mass is 348 g/mol. The minimum Gasteiger partial charge on any atom is -0.323 e. The van der Waals surface area contributed by atoms with Gasteiger partial charge in [0, 0.05) is 18.9 Å². The Balaban J connectivity index is 1.86. The summed E-state index contributed by atoms with van der Waals surface area (Å²) in [6, 6.07) is 7.01. The van der Waals surface area contributed by atoms with Crippen molar-refractivity contribution in [3.05, 3.63) is 57.8 Å². The van der Waals surface area contributed by atoms with Gasteiger partial charge in [0.05, 0.1) is 27.8 Å². The highest BCUT2D eigenvalue weighted by molar-refractivity contribution is 6.40. The Morgan fingerprint density at radius 2 is 2.00 bits per heavy atom. The smallest absolute Gasteiger partial charge is 0.262 e. The molecule has 118 valence electrons. The third-order valence-electron chi connectivity index (χ3n) is 3.56. The van der Waals surface area contributed by atoms with Crippen LogP contribution in [-0.4, -0.2) is 34.8 Å². The number of rotatable bonds is 2. The molecule has 2 aromatic rings. The van der Waals surface area contributed by atoms with Crippen LogP contribution in [0.1, 0.15) is 15.9 Å². The van der Waals surface area contributed by atoms with Crippen molar-refractivity contribution < 1.29 is 4.79 Å². The molecule has 0 saturated carbocycles. The molecule has 0 saturated heterocycles. The molecular weight excluding hydrogens is 335 g/mol. The number of nitrogens with zero attached hydrogens (tertiary/aromatic N) is 3. The summed E-state index contributed by atoms with van der Waals surface area (Å²) in [7, 11) is 0. The highest BCUT2D eigenvalue weighted by atomic mass is 35.5. The second-order valence-corrected chi connectivity index (χ2v) is 5.89. The highest BCUT2D eigenvalue weighted by Crippen LogP contribution is 2.30. The van der Waals surface area contributed by atoms with Gasteiger partial charge in [-0.05, 0) is 30.7 Å². The standard InChI is InChI=1S/C16H14Cl2N4O/c1-10-5-6-19-9-11(10)15(23)22-8-7-20-16(22)21-14-12(17)3-2-4-13(14)18/h2-6,9H,7-8H2,1H3,(H,20,21). The number of nitrogens with one attached hydrogen (secondary N) is 1. The van der Waals surface area contributed by atoms with Gasteiger partial charge in [-0.2, -0.15) is 0 Å². The summed E-state index contributed by atoms with van der Waals surface area (Å²) in [6.45, 7) is 2.90. The van der Waals surface area contributed by atoms with Crippen LogP contribution in [0.2, 0.25) is 10.0 Å². The molecule has 0 unspecified atom stereocenters. The van der Waals surface area contributed by atoms with Crippen LogP contribution in [0, 0.1) is 6.92 Å². The van der Waals surface area contributed by atoms with Crippen molar-refractivity contribution in [2.45, 2.75) is 6.92 Å². The van der Waals surface area contributed by atoms with Crippen molar-refractivity contribution in [1.29, 1.82) is 0 Å². The highest BCUT2D eigenvalue weighted by Gasteiger charge is 2.27. The number of amides is 1. The predicted octanol–water partition coefficient (Wildman–Crippen LogP) is 3.62. The van der Waals surface area contributed by atoms with Gasteiger partial charge in [-0.1, -0.05) is 29.3 Å². The summed E-state index contributed by atoms with van der Waals surface area (Å²) in [5.41, 5.74) is 1.96. The van der Waals surface area contributed by atoms with Gasteiger partial charge in [-0.25, -0.2) is 0 Å². The molecule has 1 aromatic heterocycles. The van der Waals surface area contributed by atoms with E-state index in [-0.39, 0.29) is 5.91 Å². The van der Waals surface area contributed by atoms with Crippen LogP contribution in [0.4, 0.5) is 5.69 Å². The summed E-state index contributed by atoms with van der Waals surface area (Å²) in [5.74, 6) is 0.288. The molecule has 0 bridgehead atoms. The lowest BCUT2D eigenvalue weighted by Crippen LogP contribution is -2.38. The first kappa shape index (κ1) is 15.8. The van der Waals surface area contributed by atoms with E-state index in [1.165, 1.54) is 0 Å². The van der Waals surface area contributed by atoms with E-state index >= 15 is 0 Å². The molecule has 5 nitrogen and oxygen atoms in total. The Hall–Kier alpha value is -2.11. The van der Waals surface area contributed by atoms with Crippen molar-refractivity contribution in [3.8, 4) is 0 Å². The fraction of sp³-hybridized carbons (Fsp3) is 0.188. The largest absolute Gasteiger partial charge is 0.323 e. The quantitative estimate of drug-likeness (QED) is 0.901. The number of carbonyl (C=O) groups is 1. The van der Waals surface area contributed by atoms with Crippen molar-refractivity contribution in [3.63, 3.8) is 0 Å². The van der Waals surface area contributed by atoms with Crippen LogP contribution in [0.3, 0.4) is 0 Å². The summed E-state index contributed by atoms with van der Waals surface area (Å²) in [4.78, 5) is 22.7. The van der Waals surface area contributed by atoms with E-state index in [1.54, 1.807) is 41.6 Å². The van der Waals surface area contributed by atoms with Gasteiger partial charge in [0.2, 0.25) is 5.96 Å². The van der Waals surface area contributed by atoms with E-state index in [0.29, 0.717) is 40.3 Å². The fourth-order valence-electron chi connectivity index (χ4n) is 2.31. The van der Waals surface area contributed by atoms with Gasteiger partial charge < -0.3 is 5.32 Å². The molecule has 1 aliphatic heterocycles. The van der Waals surface area contributed by atoms with E-state index in [1.807, 2.05) is 6.92 Å². The van der Waals surface area contributed by atoms with Gasteiger partial charge in [-0.3, -0.25) is 19.7 Å². The molecule has 0 aliphatic carbocycles. The Labute approximate surface area is 144 Å². The van der Waals surface area contributed by atoms with Crippen LogP contribution in [0.15, 0.2) is 41.7 Å². The van der Waals surface area contributed by atoms with Gasteiger partial charge >= 0.3 is 0 Å². The summed E-state index contributed by atoms with van der Waals surface area (Å²) in [6.07, 6.45) is 3.23. The maximum Gasteiger partial charge on any atom is 0.262 e. The molecule has 7 heteroatoms. The normalized spacial score (nSPS) is 13.9. The summed E-state index contributed by atoms with van der Waals surface area (Å²) >= 11 is 12.3. The lowest BCUT2D eigenvalue weighted by Gasteiger charge is -2.21. The number of benzene rings is 1. The van der Waals surface area contributed by atoms with Crippen molar-refractivity contribution in [1.82, 2.24) is 9.88 Å². The number of aryl methyl sites for hydroxylation is 1. The van der Waals surface area contributed by atoms with E-state index in [0.717, 1.165) is 5.56 Å². The number of aliphatic imine (C=N–C) groups is 1. The van der Waals surface area contributed by atoms with Gasteiger partial charge in [0.1, 0.15) is 0 Å². The molecule has 0 fully saturated rings. The second kappa shape index (κ2) is 6.56. The van der Waals surface area contributed by atoms with E-state index in [9.17, 15) is 4.79 Å². The van der Waals surface area contributed by atoms with Gasteiger partial charge in [0.15, 0.2) is 0 Å². The van der Waals surface area contributed by atoms with Crippen molar-refractivity contribution >= 4 is 40.8 Å². The third-order valence-corrected chi connectivity index (χ3v) is 4.18. The summed E-state index contributed by atoms with van der Waals surface area (Å²) < 4.78 is 0. The predicted molar refractivity (Wildman–Crippen MR) is 92.4 cm³/mol. The summed E-state index contributed by atoms with van der Waals surface area (Å²) in [5, 5.41) is 4.01. The molecule has 3 rings (SSSR count). The SMILES string of the molecule is Cc1ccncc1C(=O)N1CCN=C1Nc1c(Cl)cccc1Cl. The molecule has 0 spiro atoms. The number of para-hydroxylation sites is 1. The number of halogens is 2. The Kier molecular flexibility index (Phi) is 4.50. The van der Waals surface area contributed by atoms with Crippen LogP contribution in [-0.2, 0) is 0 Å². The number of pyridine rings is 1. The number of aromatic nitrogens is 1. The first-order valence-electron chi connectivity index (χ1n) is 7.06. The molecule has 2 heterocycles. The average Bonchev–Trinajstić information content (AvgIpc) is 2.99. The first-order valence-corrected chi connectivity index (χ1v) is 7.81. The maximum absolute atomic E-state index is 12.7. The van der Waals surface area contributed by atoms with Crippen LogP contribution < -0.4 is 5.32 Å². The lowest BCUT2D eigenvalue weighted by atomic mass is 10.1. The lowest BCUT2D eigenvalue weighted by molar-refractivity contribution is 0.0856. The number of hydrogen-bond acceptors (Lipinski definition) is 4.